The summed E-state index contributed by atoms with van der Waals surface area (Å²) in [5, 5.41) is 17.4. The molecule has 3 N–H and O–H groups in total. The van der Waals surface area contributed by atoms with Gasteiger partial charge in [-0.3, -0.25) is 19.1 Å². The van der Waals surface area contributed by atoms with Crippen molar-refractivity contribution in [1.82, 2.24) is 14.6 Å². The molecule has 0 saturated carbocycles. The van der Waals surface area contributed by atoms with E-state index < -0.39 is 60.7 Å². The average Bonchev–Trinajstić information content (AvgIpc) is 3.15. The molecule has 0 bridgehead atoms. The number of azide groups is 1. The van der Waals surface area contributed by atoms with Crippen molar-refractivity contribution in [2.45, 2.75) is 57.1 Å². The molecule has 15 nitrogen and oxygen atoms in total. The molecule has 6 atom stereocenters. The lowest BCUT2D eigenvalue weighted by molar-refractivity contribution is -0.244. The van der Waals surface area contributed by atoms with E-state index in [9.17, 15) is 25.0 Å². The Bertz CT molecular complexity index is 1370. The van der Waals surface area contributed by atoms with Gasteiger partial charge < -0.3 is 28.4 Å². The molecule has 0 spiro atoms. The molecule has 17 heteroatoms. The first-order valence-electron chi connectivity index (χ1n) is 11.7. The Kier molecular flexibility index (Phi) is 10.0. The summed E-state index contributed by atoms with van der Waals surface area (Å²) in [5.41, 5.74) is 7.63. The van der Waals surface area contributed by atoms with Gasteiger partial charge in [-0.2, -0.15) is 0 Å². The fourth-order valence-electron chi connectivity index (χ4n) is 3.68. The van der Waals surface area contributed by atoms with Crippen molar-refractivity contribution in [3.8, 4) is 5.75 Å². The van der Waals surface area contributed by atoms with Crippen LogP contribution in [0.3, 0.4) is 0 Å². The lowest BCUT2D eigenvalue weighted by atomic mass is 10.1. The maximum Gasteiger partial charge on any atom is 0.330 e. The van der Waals surface area contributed by atoms with E-state index in [1.807, 2.05) is 0 Å². The van der Waals surface area contributed by atoms with Crippen molar-refractivity contribution in [3.05, 3.63) is 73.9 Å². The Morgan fingerprint density at radius 2 is 2.03 bits per heavy atom. The van der Waals surface area contributed by atoms with Crippen molar-refractivity contribution in [2.75, 3.05) is 13.7 Å². The number of hydrogen-bond donors (Lipinski definition) is 3. The predicted octanol–water partition coefficient (Wildman–Crippen LogP) is 1.70. The number of nitrogens with one attached hydrogen (secondary N) is 2. The van der Waals surface area contributed by atoms with E-state index in [2.05, 4.69) is 20.1 Å². The number of hydrogen-bond acceptors (Lipinski definition) is 11. The monoisotopic (exact) mass is 584 g/mol. The quantitative estimate of drug-likeness (QED) is 0.108. The van der Waals surface area contributed by atoms with Gasteiger partial charge in [-0.15, -0.1) is 0 Å². The fraction of sp³-hybridized carbons (Fsp3) is 0.500. The van der Waals surface area contributed by atoms with E-state index in [4.69, 9.17) is 35.1 Å². The number of benzene rings is 1. The van der Waals surface area contributed by atoms with Crippen LogP contribution in [0.1, 0.15) is 27.0 Å². The lowest BCUT2D eigenvalue weighted by Crippen LogP contribution is -2.48. The number of esters is 1. The summed E-state index contributed by atoms with van der Waals surface area (Å²) in [4.78, 5) is 41.2. The highest BCUT2D eigenvalue weighted by atomic mass is 32.5. The van der Waals surface area contributed by atoms with Gasteiger partial charge in [0.2, 0.25) is 5.79 Å². The third-order valence-electron chi connectivity index (χ3n) is 5.50. The average molecular weight is 585 g/mol. The molecule has 0 amide bonds. The van der Waals surface area contributed by atoms with Crippen LogP contribution >= 0.6 is 6.64 Å². The van der Waals surface area contributed by atoms with Gasteiger partial charge in [0.1, 0.15) is 30.5 Å². The highest BCUT2D eigenvalue weighted by molar-refractivity contribution is 8.09. The van der Waals surface area contributed by atoms with E-state index in [1.54, 1.807) is 44.2 Å². The minimum atomic E-state index is -3.59. The van der Waals surface area contributed by atoms with Crippen molar-refractivity contribution < 1.29 is 33.2 Å². The second-order valence-electron chi connectivity index (χ2n) is 8.69. The number of methoxy groups -OCH3 is 1. The first-order chi connectivity index (χ1) is 18.4. The van der Waals surface area contributed by atoms with Gasteiger partial charge in [0, 0.05) is 24.3 Å². The third kappa shape index (κ3) is 7.32. The number of rotatable bonds is 12. The molecule has 1 aliphatic heterocycles. The number of aromatic nitrogens is 2. The molecule has 39 heavy (non-hydrogen) atoms. The molecule has 2 aromatic rings. The summed E-state index contributed by atoms with van der Waals surface area (Å²) in [6.07, 6.45) is -2.30. The molecule has 0 aliphatic carbocycles. The van der Waals surface area contributed by atoms with E-state index in [-0.39, 0.29) is 6.10 Å². The molecule has 1 unspecified atom stereocenters. The summed E-state index contributed by atoms with van der Waals surface area (Å²) in [6, 6.07) is 7.13. The van der Waals surface area contributed by atoms with Gasteiger partial charge in [-0.05, 0) is 50.2 Å². The minimum absolute atomic E-state index is 0.334. The van der Waals surface area contributed by atoms with Gasteiger partial charge in [0.25, 0.3) is 5.56 Å². The zero-order chi connectivity index (χ0) is 28.8. The molecule has 1 aromatic heterocycles. The second kappa shape index (κ2) is 12.9. The van der Waals surface area contributed by atoms with Gasteiger partial charge in [0.05, 0.1) is 6.10 Å². The number of para-hydroxylation sites is 1. The maximum absolute atomic E-state index is 12.5. The van der Waals surface area contributed by atoms with Gasteiger partial charge in [-0.25, -0.2) is 9.88 Å². The van der Waals surface area contributed by atoms with Crippen molar-refractivity contribution >= 4 is 24.4 Å². The first kappa shape index (κ1) is 30.5. The van der Waals surface area contributed by atoms with Crippen LogP contribution in [0.25, 0.3) is 10.4 Å². The van der Waals surface area contributed by atoms with Crippen LogP contribution < -0.4 is 20.9 Å². The number of aliphatic hydroxyl groups excluding tert-OH is 1. The number of H-pyrrole nitrogens is 1. The Morgan fingerprint density at radius 1 is 1.33 bits per heavy atom. The van der Waals surface area contributed by atoms with E-state index >= 15 is 0 Å². The number of aliphatic hydroxyl groups is 1. The molecule has 0 radical (unpaired) electrons. The summed E-state index contributed by atoms with van der Waals surface area (Å²) in [5.74, 6) is -2.22. The molecule has 1 aromatic carbocycles. The van der Waals surface area contributed by atoms with Crippen molar-refractivity contribution in [1.29, 1.82) is 0 Å². The predicted molar refractivity (Wildman–Crippen MR) is 141 cm³/mol. The van der Waals surface area contributed by atoms with Crippen molar-refractivity contribution in [3.63, 3.8) is 0 Å². The van der Waals surface area contributed by atoms with Crippen LogP contribution in [0.2, 0.25) is 0 Å². The molecule has 2 heterocycles. The molecule has 1 saturated heterocycles. The first-order valence-corrected chi connectivity index (χ1v) is 14.3. The number of ether oxygens (including phenoxy) is 3. The lowest BCUT2D eigenvalue weighted by Gasteiger charge is -2.34. The minimum Gasteiger partial charge on any atom is -0.462 e. The Balaban J connectivity index is 1.94. The summed E-state index contributed by atoms with van der Waals surface area (Å²) < 4.78 is 29.5. The normalized spacial score (nSPS) is 24.9. The van der Waals surface area contributed by atoms with Crippen LogP contribution in [0.4, 0.5) is 0 Å². The van der Waals surface area contributed by atoms with E-state index in [1.165, 1.54) is 14.0 Å². The van der Waals surface area contributed by atoms with Gasteiger partial charge in [-0.1, -0.05) is 23.3 Å². The topological polar surface area (TPSA) is 199 Å². The molecular formula is C22H29N6O9PS. The van der Waals surface area contributed by atoms with Crippen LogP contribution in [-0.4, -0.2) is 64.4 Å². The summed E-state index contributed by atoms with van der Waals surface area (Å²) in [7, 11) is 1.21. The Hall–Kier alpha value is -3.07. The van der Waals surface area contributed by atoms with Crippen LogP contribution in [0.15, 0.2) is 57.3 Å². The zero-order valence-electron chi connectivity index (χ0n) is 21.5. The molecular weight excluding hydrogens is 555 g/mol. The van der Waals surface area contributed by atoms with E-state index in [0.29, 0.717) is 5.75 Å². The number of nitrogens with zero attached hydrogens (tertiary/aromatic N) is 4. The number of aromatic amines is 1. The third-order valence-corrected chi connectivity index (χ3v) is 7.97. The van der Waals surface area contributed by atoms with Crippen LogP contribution in [0, 0.1) is 0 Å². The SMILES string of the molecule is CO[C@]1(COP(=S)(N[C@H](C)C(=O)OC(C)C)Oc2ccccc2)O[C@@H](n2ccc(=O)[nH]c2=O)[C@H](O)[C@@H]1N=[N+]=[N-]. The maximum atomic E-state index is 12.5. The highest BCUT2D eigenvalue weighted by Gasteiger charge is 2.57. The molecule has 1 aliphatic rings. The number of carbonyl (C=O) groups is 1. The van der Waals surface area contributed by atoms with Crippen molar-refractivity contribution in [2.24, 2.45) is 5.11 Å². The van der Waals surface area contributed by atoms with Crippen LogP contribution in [-0.2, 0) is 35.3 Å². The Morgan fingerprint density at radius 3 is 2.62 bits per heavy atom. The molecule has 3 rings (SSSR count). The summed E-state index contributed by atoms with van der Waals surface area (Å²) >= 11 is 5.69. The standard InChI is InChI=1S/C22H29N6O9PS/c1-13(2)35-20(31)14(3)26-38(39,37-15-8-6-5-7-9-15)34-12-22(33-4)18(25-27-23)17(30)19(36-22)28-11-10-16(29)24-21(28)32/h5-11,13-14,17-19,30H,12H2,1-4H3,(H,26,39)(H,24,29,32)/t14-,17-,18+,19-,22-,38?/m1/s1. The zero-order valence-corrected chi connectivity index (χ0v) is 23.2. The van der Waals surface area contributed by atoms with Gasteiger partial charge in [0.15, 0.2) is 6.23 Å². The fourth-order valence-corrected chi connectivity index (χ4v) is 6.08. The smallest absolute Gasteiger partial charge is 0.330 e. The molecule has 1 fully saturated rings. The largest absolute Gasteiger partial charge is 0.462 e. The molecule has 212 valence electrons. The van der Waals surface area contributed by atoms with E-state index in [0.717, 1.165) is 16.8 Å². The van der Waals surface area contributed by atoms with Crippen LogP contribution in [0.5, 0.6) is 5.75 Å². The second-order valence-corrected chi connectivity index (χ2v) is 11.8. The van der Waals surface area contributed by atoms with Gasteiger partial charge >= 0.3 is 18.3 Å². The Labute approximate surface area is 227 Å². The summed E-state index contributed by atoms with van der Waals surface area (Å²) in [6.45, 7) is 0.762. The number of carbonyl (C=O) groups excluding carboxylic acids is 1. The highest BCUT2D eigenvalue weighted by Crippen LogP contribution is 2.48.